The molecular formula is C23H29ClN4O3S3. The number of likely N-dealkylation sites (N-methyl/N-ethyl adjacent to an activating group) is 1. The van der Waals surface area contributed by atoms with Gasteiger partial charge in [0.2, 0.25) is 5.91 Å². The van der Waals surface area contributed by atoms with Crippen molar-refractivity contribution in [1.29, 1.82) is 0 Å². The van der Waals surface area contributed by atoms with Gasteiger partial charge in [-0.15, -0.1) is 11.3 Å². The highest BCUT2D eigenvalue weighted by atomic mass is 35.5. The van der Waals surface area contributed by atoms with Crippen molar-refractivity contribution >= 4 is 65.6 Å². The Hall–Kier alpha value is -1.56. The summed E-state index contributed by atoms with van der Waals surface area (Å²) in [5.74, 6) is -0.490. The lowest BCUT2D eigenvalue weighted by Crippen LogP contribution is -2.48. The molecule has 7 nitrogen and oxygen atoms in total. The zero-order valence-corrected chi connectivity index (χ0v) is 23.0. The molecule has 34 heavy (non-hydrogen) atoms. The van der Waals surface area contributed by atoms with Crippen molar-refractivity contribution in [2.45, 2.75) is 30.9 Å². The number of hydrogen-bond acceptors (Lipinski definition) is 7. The van der Waals surface area contributed by atoms with Crippen LogP contribution in [0.5, 0.6) is 0 Å². The maximum Gasteiger partial charge on any atom is 0.252 e. The number of thiazole rings is 1. The summed E-state index contributed by atoms with van der Waals surface area (Å²) in [5, 5.41) is 0.667. The summed E-state index contributed by atoms with van der Waals surface area (Å²) < 4.78 is 29.4. The smallest absolute Gasteiger partial charge is 0.252 e. The summed E-state index contributed by atoms with van der Waals surface area (Å²) >= 11 is 8.53. The van der Waals surface area contributed by atoms with Crippen LogP contribution in [0, 0.1) is 19.8 Å². The molecule has 3 aromatic rings. The second-order valence-electron chi connectivity index (χ2n) is 8.90. The molecule has 0 spiro atoms. The van der Waals surface area contributed by atoms with Crippen molar-refractivity contribution in [3.8, 4) is 0 Å². The van der Waals surface area contributed by atoms with Crippen molar-refractivity contribution in [1.82, 2.24) is 14.2 Å². The molecule has 0 saturated carbocycles. The molecule has 1 unspecified atom stereocenters. The number of carbonyl (C=O) groups is 1. The summed E-state index contributed by atoms with van der Waals surface area (Å²) in [5.41, 5.74) is 3.20. The van der Waals surface area contributed by atoms with E-state index in [2.05, 4.69) is 19.1 Å². The molecule has 184 valence electrons. The van der Waals surface area contributed by atoms with E-state index in [1.54, 1.807) is 11.0 Å². The lowest BCUT2D eigenvalue weighted by atomic mass is 9.98. The lowest BCUT2D eigenvalue weighted by Gasteiger charge is -2.33. The van der Waals surface area contributed by atoms with Gasteiger partial charge in [0.15, 0.2) is 5.13 Å². The lowest BCUT2D eigenvalue weighted by molar-refractivity contribution is -0.123. The molecule has 1 aromatic carbocycles. The number of anilines is 1. The minimum absolute atomic E-state index is 0.0700. The Morgan fingerprint density at radius 3 is 2.62 bits per heavy atom. The molecule has 0 N–H and O–H groups in total. The number of piperidine rings is 1. The minimum Gasteiger partial charge on any atom is -0.308 e. The summed E-state index contributed by atoms with van der Waals surface area (Å²) in [6.45, 7) is 5.85. The predicted octanol–water partition coefficient (Wildman–Crippen LogP) is 4.62. The molecule has 0 radical (unpaired) electrons. The number of hydrogen-bond donors (Lipinski definition) is 0. The van der Waals surface area contributed by atoms with Crippen molar-refractivity contribution in [2.75, 3.05) is 45.2 Å². The number of aromatic nitrogens is 1. The first-order chi connectivity index (χ1) is 16.1. The molecule has 1 amide bonds. The Morgan fingerprint density at radius 1 is 1.18 bits per heavy atom. The average molecular weight is 541 g/mol. The fourth-order valence-corrected chi connectivity index (χ4v) is 8.29. The van der Waals surface area contributed by atoms with Gasteiger partial charge in [-0.25, -0.2) is 13.4 Å². The number of fused-ring (bicyclic) bond motifs is 1. The maximum absolute atomic E-state index is 13.8. The van der Waals surface area contributed by atoms with Crippen LogP contribution in [0.4, 0.5) is 5.13 Å². The molecule has 4 rings (SSSR count). The Bertz CT molecular complexity index is 1300. The van der Waals surface area contributed by atoms with Gasteiger partial charge < -0.3 is 4.90 Å². The molecule has 3 heterocycles. The first kappa shape index (κ1) is 25.5. The highest BCUT2D eigenvalue weighted by molar-refractivity contribution is 7.91. The quantitative estimate of drug-likeness (QED) is 0.437. The molecule has 1 aliphatic rings. The summed E-state index contributed by atoms with van der Waals surface area (Å²) in [6, 6.07) is 7.24. The SMILES string of the molecule is Cc1ccc2sc(N(CCN(C)C)C(=O)C3CCCN(S(=O)(=O)c4ccc(Cl)s4)C3)nc2c1C. The molecular weight excluding hydrogens is 512 g/mol. The predicted molar refractivity (Wildman–Crippen MR) is 141 cm³/mol. The summed E-state index contributed by atoms with van der Waals surface area (Å²) in [4.78, 5) is 22.4. The first-order valence-corrected chi connectivity index (χ1v) is 14.6. The molecule has 1 saturated heterocycles. The van der Waals surface area contributed by atoms with Gasteiger partial charge in [0.25, 0.3) is 10.0 Å². The van der Waals surface area contributed by atoms with E-state index in [0.717, 1.165) is 32.7 Å². The monoisotopic (exact) mass is 540 g/mol. The third kappa shape index (κ3) is 5.17. The Labute approximate surface area is 214 Å². The number of sulfonamides is 1. The summed E-state index contributed by atoms with van der Waals surface area (Å²) in [7, 11) is 0.257. The van der Waals surface area contributed by atoms with E-state index < -0.39 is 15.9 Å². The van der Waals surface area contributed by atoms with Crippen LogP contribution in [0.1, 0.15) is 24.0 Å². The van der Waals surface area contributed by atoms with Crippen molar-refractivity contribution < 1.29 is 13.2 Å². The Balaban J connectivity index is 1.62. The minimum atomic E-state index is -3.68. The number of rotatable bonds is 7. The van der Waals surface area contributed by atoms with Gasteiger partial charge in [-0.2, -0.15) is 4.31 Å². The third-order valence-corrected chi connectivity index (χ3v) is 10.8. The van der Waals surface area contributed by atoms with Gasteiger partial charge >= 0.3 is 0 Å². The fourth-order valence-electron chi connectivity index (χ4n) is 4.08. The van der Waals surface area contributed by atoms with Crippen LogP contribution in [0.15, 0.2) is 28.5 Å². The second kappa shape index (κ2) is 10.2. The van der Waals surface area contributed by atoms with Crippen LogP contribution < -0.4 is 4.90 Å². The number of aryl methyl sites for hydroxylation is 2. The number of nitrogens with zero attached hydrogens (tertiary/aromatic N) is 4. The highest BCUT2D eigenvalue weighted by Crippen LogP contribution is 2.35. The number of benzene rings is 1. The van der Waals surface area contributed by atoms with E-state index in [4.69, 9.17) is 16.6 Å². The number of carbonyl (C=O) groups excluding carboxylic acids is 1. The van der Waals surface area contributed by atoms with Gasteiger partial charge in [-0.1, -0.05) is 29.0 Å². The molecule has 1 fully saturated rings. The molecule has 1 aliphatic heterocycles. The zero-order chi connectivity index (χ0) is 24.6. The van der Waals surface area contributed by atoms with Crippen molar-refractivity contribution in [3.05, 3.63) is 39.7 Å². The molecule has 2 aromatic heterocycles. The number of thiophene rings is 1. The normalized spacial score (nSPS) is 17.5. The van der Waals surface area contributed by atoms with Crippen LogP contribution in [0.25, 0.3) is 10.2 Å². The zero-order valence-electron chi connectivity index (χ0n) is 19.7. The van der Waals surface area contributed by atoms with E-state index in [9.17, 15) is 13.2 Å². The van der Waals surface area contributed by atoms with Crippen LogP contribution >= 0.6 is 34.3 Å². The van der Waals surface area contributed by atoms with E-state index >= 15 is 0 Å². The van der Waals surface area contributed by atoms with Crippen LogP contribution in [0.2, 0.25) is 4.34 Å². The highest BCUT2D eigenvalue weighted by Gasteiger charge is 2.36. The molecule has 0 aliphatic carbocycles. The number of halogens is 1. The largest absolute Gasteiger partial charge is 0.308 e. The van der Waals surface area contributed by atoms with E-state index in [1.165, 1.54) is 21.7 Å². The second-order valence-corrected chi connectivity index (χ2v) is 13.8. The van der Waals surface area contributed by atoms with Crippen LogP contribution in [-0.2, 0) is 14.8 Å². The van der Waals surface area contributed by atoms with Crippen molar-refractivity contribution in [3.63, 3.8) is 0 Å². The van der Waals surface area contributed by atoms with E-state index in [1.807, 2.05) is 25.9 Å². The molecule has 11 heteroatoms. The topological polar surface area (TPSA) is 73.8 Å². The average Bonchev–Trinajstić information content (AvgIpc) is 3.43. The Morgan fingerprint density at radius 2 is 1.94 bits per heavy atom. The van der Waals surface area contributed by atoms with Gasteiger partial charge in [0.1, 0.15) is 4.21 Å². The van der Waals surface area contributed by atoms with Crippen LogP contribution in [-0.4, -0.2) is 68.8 Å². The van der Waals surface area contributed by atoms with E-state index in [0.29, 0.717) is 41.9 Å². The third-order valence-electron chi connectivity index (χ3n) is 6.22. The molecule has 0 bridgehead atoms. The Kier molecular flexibility index (Phi) is 7.66. The first-order valence-electron chi connectivity index (χ1n) is 11.2. The maximum atomic E-state index is 13.8. The van der Waals surface area contributed by atoms with Crippen LogP contribution in [0.3, 0.4) is 0 Å². The van der Waals surface area contributed by atoms with Crippen molar-refractivity contribution in [2.24, 2.45) is 5.92 Å². The standard InChI is InChI=1S/C23H29ClN4O3S3/c1-15-7-8-18-21(16(15)2)25-23(32-18)28(13-12-26(3)4)22(29)17-6-5-11-27(14-17)34(30,31)20-10-9-19(24)33-20/h7-10,17H,5-6,11-14H2,1-4H3. The number of amides is 1. The summed E-state index contributed by atoms with van der Waals surface area (Å²) in [6.07, 6.45) is 1.28. The van der Waals surface area contributed by atoms with Gasteiger partial charge in [-0.05, 0) is 70.1 Å². The van der Waals surface area contributed by atoms with Gasteiger partial charge in [0, 0.05) is 26.2 Å². The molecule has 1 atom stereocenters. The van der Waals surface area contributed by atoms with E-state index in [-0.39, 0.29) is 16.7 Å². The van der Waals surface area contributed by atoms with Gasteiger partial charge in [-0.3, -0.25) is 9.69 Å². The fraction of sp³-hybridized carbons (Fsp3) is 0.478. The van der Waals surface area contributed by atoms with Gasteiger partial charge in [0.05, 0.1) is 20.5 Å².